The number of carbonyl (C=O) groups excluding carboxylic acids is 1. The predicted molar refractivity (Wildman–Crippen MR) is 86.0 cm³/mol. The molecule has 2 aromatic rings. The van der Waals surface area contributed by atoms with Gasteiger partial charge in [0.05, 0.1) is 21.7 Å². The maximum Gasteiger partial charge on any atom is 0.253 e. The zero-order valence-electron chi connectivity index (χ0n) is 11.4. The van der Waals surface area contributed by atoms with Crippen LogP contribution in [0.15, 0.2) is 42.5 Å². The van der Waals surface area contributed by atoms with Gasteiger partial charge in [0.25, 0.3) is 5.91 Å². The van der Waals surface area contributed by atoms with Gasteiger partial charge in [-0.1, -0.05) is 53.5 Å². The SMILES string of the molecule is O=C(N[C@H]1CCCc2ccccc21)c1cccc(Cl)c1Cl. The summed E-state index contributed by atoms with van der Waals surface area (Å²) in [6, 6.07) is 13.4. The van der Waals surface area contributed by atoms with Crippen molar-refractivity contribution in [2.24, 2.45) is 0 Å². The molecule has 21 heavy (non-hydrogen) atoms. The monoisotopic (exact) mass is 319 g/mol. The number of hydrogen-bond donors (Lipinski definition) is 1. The maximum atomic E-state index is 12.4. The van der Waals surface area contributed by atoms with Gasteiger partial charge in [0.1, 0.15) is 0 Å². The van der Waals surface area contributed by atoms with Crippen molar-refractivity contribution in [1.29, 1.82) is 0 Å². The van der Waals surface area contributed by atoms with Crippen molar-refractivity contribution in [3.05, 3.63) is 69.2 Å². The fourth-order valence-electron chi connectivity index (χ4n) is 2.82. The van der Waals surface area contributed by atoms with Crippen molar-refractivity contribution in [3.63, 3.8) is 0 Å². The summed E-state index contributed by atoms with van der Waals surface area (Å²) < 4.78 is 0. The Labute approximate surface area is 134 Å². The third kappa shape index (κ3) is 2.92. The topological polar surface area (TPSA) is 29.1 Å². The first-order chi connectivity index (χ1) is 10.2. The molecule has 0 saturated heterocycles. The molecule has 0 unspecified atom stereocenters. The van der Waals surface area contributed by atoms with Crippen LogP contribution in [0.2, 0.25) is 10.0 Å². The molecular formula is C17H15Cl2NO. The van der Waals surface area contributed by atoms with Gasteiger partial charge in [-0.3, -0.25) is 4.79 Å². The number of carbonyl (C=O) groups is 1. The third-order valence-electron chi connectivity index (χ3n) is 3.87. The number of nitrogens with one attached hydrogen (secondary N) is 1. The van der Waals surface area contributed by atoms with Crippen LogP contribution in [0.5, 0.6) is 0 Å². The minimum absolute atomic E-state index is 0.0394. The van der Waals surface area contributed by atoms with E-state index in [2.05, 4.69) is 17.4 Å². The van der Waals surface area contributed by atoms with Crippen LogP contribution < -0.4 is 5.32 Å². The minimum atomic E-state index is -0.177. The van der Waals surface area contributed by atoms with Gasteiger partial charge in [0.15, 0.2) is 0 Å². The van der Waals surface area contributed by atoms with E-state index in [1.165, 1.54) is 11.1 Å². The second kappa shape index (κ2) is 6.08. The molecular weight excluding hydrogens is 305 g/mol. The molecule has 108 valence electrons. The number of aryl methyl sites for hydroxylation is 1. The zero-order chi connectivity index (χ0) is 14.8. The molecule has 0 heterocycles. The highest BCUT2D eigenvalue weighted by atomic mass is 35.5. The Bertz CT molecular complexity index is 684. The summed E-state index contributed by atoms with van der Waals surface area (Å²) >= 11 is 12.1. The summed E-state index contributed by atoms with van der Waals surface area (Å²) in [6.45, 7) is 0. The van der Waals surface area contributed by atoms with Gasteiger partial charge in [0, 0.05) is 0 Å². The van der Waals surface area contributed by atoms with E-state index in [0.717, 1.165) is 19.3 Å². The Kier molecular flexibility index (Phi) is 4.18. The van der Waals surface area contributed by atoms with E-state index in [1.54, 1.807) is 18.2 Å². The number of hydrogen-bond acceptors (Lipinski definition) is 1. The molecule has 0 radical (unpaired) electrons. The van der Waals surface area contributed by atoms with Crippen molar-refractivity contribution >= 4 is 29.1 Å². The quantitative estimate of drug-likeness (QED) is 0.846. The fourth-order valence-corrected chi connectivity index (χ4v) is 3.21. The van der Waals surface area contributed by atoms with Gasteiger partial charge in [-0.15, -0.1) is 0 Å². The molecule has 1 amide bonds. The van der Waals surface area contributed by atoms with Crippen molar-refractivity contribution in [3.8, 4) is 0 Å². The summed E-state index contributed by atoms with van der Waals surface area (Å²) in [5.41, 5.74) is 2.94. The van der Waals surface area contributed by atoms with Crippen LogP contribution in [-0.4, -0.2) is 5.91 Å². The summed E-state index contributed by atoms with van der Waals surface area (Å²) in [5.74, 6) is -0.177. The molecule has 1 N–H and O–H groups in total. The van der Waals surface area contributed by atoms with Gasteiger partial charge >= 0.3 is 0 Å². The summed E-state index contributed by atoms with van der Waals surface area (Å²) in [6.07, 6.45) is 3.09. The van der Waals surface area contributed by atoms with E-state index in [9.17, 15) is 4.79 Å². The van der Waals surface area contributed by atoms with Crippen LogP contribution in [0.1, 0.15) is 40.4 Å². The van der Waals surface area contributed by atoms with E-state index >= 15 is 0 Å². The molecule has 1 aliphatic carbocycles. The molecule has 0 fully saturated rings. The number of halogens is 2. The van der Waals surface area contributed by atoms with Gasteiger partial charge in [0.2, 0.25) is 0 Å². The van der Waals surface area contributed by atoms with E-state index < -0.39 is 0 Å². The summed E-state index contributed by atoms with van der Waals surface area (Å²) in [7, 11) is 0. The molecule has 1 atom stereocenters. The van der Waals surface area contributed by atoms with Gasteiger partial charge in [-0.25, -0.2) is 0 Å². The second-order valence-corrected chi connectivity index (χ2v) is 6.00. The fraction of sp³-hybridized carbons (Fsp3) is 0.235. The number of fused-ring (bicyclic) bond motifs is 1. The maximum absolute atomic E-state index is 12.4. The van der Waals surface area contributed by atoms with Gasteiger partial charge in [-0.2, -0.15) is 0 Å². The Hall–Kier alpha value is -1.51. The van der Waals surface area contributed by atoms with E-state index in [0.29, 0.717) is 15.6 Å². The predicted octanol–water partition coefficient (Wildman–Crippen LogP) is 4.80. The van der Waals surface area contributed by atoms with E-state index in [-0.39, 0.29) is 11.9 Å². The smallest absolute Gasteiger partial charge is 0.253 e. The lowest BCUT2D eigenvalue weighted by atomic mass is 9.87. The van der Waals surface area contributed by atoms with Crippen LogP contribution in [0.4, 0.5) is 0 Å². The lowest BCUT2D eigenvalue weighted by molar-refractivity contribution is 0.0933. The number of rotatable bonds is 2. The molecule has 0 aromatic heterocycles. The van der Waals surface area contributed by atoms with Crippen LogP contribution >= 0.6 is 23.2 Å². The first kappa shape index (κ1) is 14.4. The van der Waals surface area contributed by atoms with Crippen molar-refractivity contribution in [2.75, 3.05) is 0 Å². The van der Waals surface area contributed by atoms with Crippen LogP contribution in [-0.2, 0) is 6.42 Å². The summed E-state index contributed by atoms with van der Waals surface area (Å²) in [4.78, 5) is 12.4. The highest BCUT2D eigenvalue weighted by Gasteiger charge is 2.23. The van der Waals surface area contributed by atoms with E-state index in [1.807, 2.05) is 12.1 Å². The average molecular weight is 320 g/mol. The van der Waals surface area contributed by atoms with Crippen LogP contribution in [0, 0.1) is 0 Å². The highest BCUT2D eigenvalue weighted by molar-refractivity contribution is 6.43. The zero-order valence-corrected chi connectivity index (χ0v) is 12.9. The van der Waals surface area contributed by atoms with Crippen molar-refractivity contribution in [1.82, 2.24) is 5.32 Å². The largest absolute Gasteiger partial charge is 0.345 e. The van der Waals surface area contributed by atoms with E-state index in [4.69, 9.17) is 23.2 Å². The Balaban J connectivity index is 1.85. The summed E-state index contributed by atoms with van der Waals surface area (Å²) in [5, 5.41) is 3.78. The first-order valence-corrected chi connectivity index (χ1v) is 7.75. The lowest BCUT2D eigenvalue weighted by Crippen LogP contribution is -2.31. The standard InChI is InChI=1S/C17H15Cl2NO/c18-14-9-4-8-13(16(14)19)17(21)20-15-10-3-6-11-5-1-2-7-12(11)15/h1-2,4-5,7-9,15H,3,6,10H2,(H,20,21)/t15-/m0/s1. The minimum Gasteiger partial charge on any atom is -0.345 e. The molecule has 3 rings (SSSR count). The Morgan fingerprint density at radius 3 is 2.76 bits per heavy atom. The molecule has 4 heteroatoms. The molecule has 2 aromatic carbocycles. The Morgan fingerprint density at radius 2 is 1.90 bits per heavy atom. The highest BCUT2D eigenvalue weighted by Crippen LogP contribution is 2.31. The normalized spacial score (nSPS) is 17.1. The van der Waals surface area contributed by atoms with Gasteiger partial charge < -0.3 is 5.32 Å². The Morgan fingerprint density at radius 1 is 1.10 bits per heavy atom. The number of amides is 1. The van der Waals surface area contributed by atoms with Gasteiger partial charge in [-0.05, 0) is 42.5 Å². The number of benzene rings is 2. The van der Waals surface area contributed by atoms with Crippen LogP contribution in [0.3, 0.4) is 0 Å². The first-order valence-electron chi connectivity index (χ1n) is 6.99. The lowest BCUT2D eigenvalue weighted by Gasteiger charge is -2.26. The molecule has 0 bridgehead atoms. The molecule has 0 aliphatic heterocycles. The van der Waals surface area contributed by atoms with Crippen molar-refractivity contribution < 1.29 is 4.79 Å². The van der Waals surface area contributed by atoms with Crippen molar-refractivity contribution in [2.45, 2.75) is 25.3 Å². The third-order valence-corrected chi connectivity index (χ3v) is 4.69. The molecule has 2 nitrogen and oxygen atoms in total. The van der Waals surface area contributed by atoms with Crippen LogP contribution in [0.25, 0.3) is 0 Å². The molecule has 1 aliphatic rings. The molecule has 0 spiro atoms. The average Bonchev–Trinajstić information content (AvgIpc) is 2.50. The second-order valence-electron chi connectivity index (χ2n) is 5.22. The molecule has 0 saturated carbocycles.